The van der Waals surface area contributed by atoms with Gasteiger partial charge in [-0.2, -0.15) is 0 Å². The molecule has 160 valence electrons. The second-order valence-corrected chi connectivity index (χ2v) is 7.34. The van der Waals surface area contributed by atoms with Gasteiger partial charge in [-0.15, -0.1) is 0 Å². The van der Waals surface area contributed by atoms with Crippen LogP contribution in [-0.4, -0.2) is 47.0 Å². The molecule has 2 heterocycles. The Bertz CT molecular complexity index is 1110. The first-order valence-corrected chi connectivity index (χ1v) is 10.1. The predicted molar refractivity (Wildman–Crippen MR) is 119 cm³/mol. The van der Waals surface area contributed by atoms with E-state index in [0.29, 0.717) is 35.9 Å². The van der Waals surface area contributed by atoms with E-state index in [1.54, 1.807) is 30.2 Å². The van der Waals surface area contributed by atoms with Crippen molar-refractivity contribution in [2.24, 2.45) is 0 Å². The van der Waals surface area contributed by atoms with Crippen molar-refractivity contribution < 1.29 is 13.9 Å². The monoisotopic (exact) mass is 421 g/mol. The number of hydrogen-bond donors (Lipinski definition) is 2. The highest BCUT2D eigenvalue weighted by Crippen LogP contribution is 2.34. The Morgan fingerprint density at radius 3 is 2.71 bits per heavy atom. The van der Waals surface area contributed by atoms with Crippen LogP contribution in [0.5, 0.6) is 5.75 Å². The Morgan fingerprint density at radius 2 is 2.00 bits per heavy atom. The lowest BCUT2D eigenvalue weighted by atomic mass is 10.0. The van der Waals surface area contributed by atoms with Crippen LogP contribution in [0.15, 0.2) is 55.4 Å². The lowest BCUT2D eigenvalue weighted by Crippen LogP contribution is -2.41. The molecular weight excluding hydrogens is 397 g/mol. The van der Waals surface area contributed by atoms with Crippen molar-refractivity contribution in [2.45, 2.75) is 18.9 Å². The van der Waals surface area contributed by atoms with Crippen LogP contribution in [0.4, 0.5) is 21.6 Å². The molecule has 0 unspecified atom stereocenters. The summed E-state index contributed by atoms with van der Waals surface area (Å²) in [7, 11) is 1.61. The smallest absolute Gasteiger partial charge is 0.245 e. The van der Waals surface area contributed by atoms with Crippen molar-refractivity contribution in [1.82, 2.24) is 14.9 Å². The number of carbonyl (C=O) groups excluding carboxylic acids is 1. The molecule has 1 saturated heterocycles. The van der Waals surface area contributed by atoms with Gasteiger partial charge in [0.05, 0.1) is 24.0 Å². The number of fused-ring (bicyclic) bond motifs is 1. The van der Waals surface area contributed by atoms with Crippen molar-refractivity contribution in [3.05, 3.63) is 61.2 Å². The third kappa shape index (κ3) is 4.42. The van der Waals surface area contributed by atoms with E-state index < -0.39 is 0 Å². The lowest BCUT2D eigenvalue weighted by Gasteiger charge is -2.32. The number of likely N-dealkylation sites (tertiary alicyclic amines) is 1. The summed E-state index contributed by atoms with van der Waals surface area (Å²) in [4.78, 5) is 22.3. The number of piperidine rings is 1. The third-order valence-electron chi connectivity index (χ3n) is 5.42. The van der Waals surface area contributed by atoms with Crippen molar-refractivity contribution >= 4 is 34.0 Å². The lowest BCUT2D eigenvalue weighted by molar-refractivity contribution is -0.126. The second kappa shape index (κ2) is 8.99. The standard InChI is InChI=1S/C23H24FN5O2/c1-3-22(30)29-10-8-15(9-11-29)27-20-12-16-19(13-21(20)31-2)25-14-26-23(16)28-18-7-5-4-6-17(18)24/h3-7,12-15,27H,1,8-11H2,2H3,(H,25,26,28). The molecule has 1 aliphatic heterocycles. The fraction of sp³-hybridized carbons (Fsp3) is 0.261. The molecule has 1 aromatic heterocycles. The van der Waals surface area contributed by atoms with Crippen LogP contribution < -0.4 is 15.4 Å². The average molecular weight is 421 g/mol. The predicted octanol–water partition coefficient (Wildman–Crippen LogP) is 4.11. The summed E-state index contributed by atoms with van der Waals surface area (Å²) in [6.07, 6.45) is 4.41. The van der Waals surface area contributed by atoms with Gasteiger partial charge in [-0.3, -0.25) is 4.79 Å². The maximum Gasteiger partial charge on any atom is 0.245 e. The molecule has 1 amide bonds. The maximum atomic E-state index is 14.1. The van der Waals surface area contributed by atoms with Gasteiger partial charge in [0, 0.05) is 30.6 Å². The first-order chi connectivity index (χ1) is 15.1. The zero-order chi connectivity index (χ0) is 21.8. The molecule has 4 rings (SSSR count). The fourth-order valence-electron chi connectivity index (χ4n) is 3.75. The Balaban J connectivity index is 1.61. The number of methoxy groups -OCH3 is 1. The Morgan fingerprint density at radius 1 is 1.23 bits per heavy atom. The number of amides is 1. The number of nitrogens with one attached hydrogen (secondary N) is 2. The largest absolute Gasteiger partial charge is 0.495 e. The van der Waals surface area contributed by atoms with Gasteiger partial charge in [-0.05, 0) is 37.1 Å². The van der Waals surface area contributed by atoms with Crippen LogP contribution in [0.1, 0.15) is 12.8 Å². The van der Waals surface area contributed by atoms with Crippen LogP contribution in [0.2, 0.25) is 0 Å². The molecule has 0 spiro atoms. The number of carbonyl (C=O) groups is 1. The van der Waals surface area contributed by atoms with E-state index in [1.165, 1.54) is 18.5 Å². The second-order valence-electron chi connectivity index (χ2n) is 7.34. The maximum absolute atomic E-state index is 14.1. The summed E-state index contributed by atoms with van der Waals surface area (Å²) in [5, 5.41) is 7.33. The highest BCUT2D eigenvalue weighted by molar-refractivity contribution is 5.95. The van der Waals surface area contributed by atoms with Crippen molar-refractivity contribution in [2.75, 3.05) is 30.8 Å². The number of anilines is 3. The SMILES string of the molecule is C=CC(=O)N1CCC(Nc2cc3c(Nc4ccccc4F)ncnc3cc2OC)CC1. The Hall–Kier alpha value is -3.68. The van der Waals surface area contributed by atoms with E-state index in [0.717, 1.165) is 23.9 Å². The van der Waals surface area contributed by atoms with E-state index in [1.807, 2.05) is 12.1 Å². The highest BCUT2D eigenvalue weighted by Gasteiger charge is 2.22. The molecule has 0 radical (unpaired) electrons. The topological polar surface area (TPSA) is 79.4 Å². The van der Waals surface area contributed by atoms with Gasteiger partial charge >= 0.3 is 0 Å². The molecule has 8 heteroatoms. The van der Waals surface area contributed by atoms with E-state index >= 15 is 0 Å². The molecule has 2 N–H and O–H groups in total. The van der Waals surface area contributed by atoms with Gasteiger partial charge in [0.2, 0.25) is 5.91 Å². The Labute approximate surface area is 179 Å². The number of benzene rings is 2. The molecular formula is C23H24FN5O2. The molecule has 31 heavy (non-hydrogen) atoms. The normalized spacial score (nSPS) is 14.3. The van der Waals surface area contributed by atoms with Gasteiger partial charge in [0.15, 0.2) is 0 Å². The molecule has 7 nitrogen and oxygen atoms in total. The summed E-state index contributed by atoms with van der Waals surface area (Å²) in [5.41, 5.74) is 1.82. The summed E-state index contributed by atoms with van der Waals surface area (Å²) in [6.45, 7) is 4.89. The van der Waals surface area contributed by atoms with Gasteiger partial charge < -0.3 is 20.3 Å². The molecule has 0 bridgehead atoms. The van der Waals surface area contributed by atoms with E-state index in [4.69, 9.17) is 4.74 Å². The fourth-order valence-corrected chi connectivity index (χ4v) is 3.75. The van der Waals surface area contributed by atoms with E-state index in [-0.39, 0.29) is 17.8 Å². The van der Waals surface area contributed by atoms with Crippen LogP contribution in [-0.2, 0) is 4.79 Å². The summed E-state index contributed by atoms with van der Waals surface area (Å²) < 4.78 is 19.7. The number of rotatable bonds is 6. The minimum absolute atomic E-state index is 0.0391. The van der Waals surface area contributed by atoms with Gasteiger partial charge in [-0.1, -0.05) is 18.7 Å². The number of aromatic nitrogens is 2. The minimum atomic E-state index is -0.359. The quantitative estimate of drug-likeness (QED) is 0.583. The molecule has 1 aliphatic rings. The molecule has 0 atom stereocenters. The summed E-state index contributed by atoms with van der Waals surface area (Å²) in [5.74, 6) is 0.768. The molecule has 0 aliphatic carbocycles. The van der Waals surface area contributed by atoms with Crippen LogP contribution in [0.25, 0.3) is 10.9 Å². The number of ether oxygens (including phenoxy) is 1. The van der Waals surface area contributed by atoms with E-state index in [9.17, 15) is 9.18 Å². The molecule has 3 aromatic rings. The zero-order valence-corrected chi connectivity index (χ0v) is 17.3. The van der Waals surface area contributed by atoms with E-state index in [2.05, 4.69) is 27.2 Å². The van der Waals surface area contributed by atoms with Crippen LogP contribution in [0.3, 0.4) is 0 Å². The minimum Gasteiger partial charge on any atom is -0.495 e. The van der Waals surface area contributed by atoms with Crippen LogP contribution >= 0.6 is 0 Å². The first kappa shape index (κ1) is 20.6. The number of para-hydroxylation sites is 1. The van der Waals surface area contributed by atoms with Crippen LogP contribution in [0, 0.1) is 5.82 Å². The van der Waals surface area contributed by atoms with Gasteiger partial charge in [0.1, 0.15) is 23.7 Å². The van der Waals surface area contributed by atoms with Crippen molar-refractivity contribution in [3.8, 4) is 5.75 Å². The summed E-state index contributed by atoms with van der Waals surface area (Å²) in [6, 6.07) is 10.4. The average Bonchev–Trinajstić information content (AvgIpc) is 2.80. The number of halogens is 1. The Kier molecular flexibility index (Phi) is 5.97. The number of hydrogen-bond acceptors (Lipinski definition) is 6. The van der Waals surface area contributed by atoms with Crippen molar-refractivity contribution in [1.29, 1.82) is 0 Å². The van der Waals surface area contributed by atoms with Gasteiger partial charge in [0.25, 0.3) is 0 Å². The molecule has 0 saturated carbocycles. The third-order valence-corrected chi connectivity index (χ3v) is 5.42. The van der Waals surface area contributed by atoms with Crippen molar-refractivity contribution in [3.63, 3.8) is 0 Å². The highest BCUT2D eigenvalue weighted by atomic mass is 19.1. The number of nitrogens with zero attached hydrogens (tertiary/aromatic N) is 3. The zero-order valence-electron chi connectivity index (χ0n) is 17.3. The molecule has 1 fully saturated rings. The summed E-state index contributed by atoms with van der Waals surface area (Å²) >= 11 is 0. The first-order valence-electron chi connectivity index (χ1n) is 10.1. The molecule has 2 aromatic carbocycles. The van der Waals surface area contributed by atoms with Gasteiger partial charge in [-0.25, -0.2) is 14.4 Å².